The quantitative estimate of drug-likeness (QED) is 0.472. The van der Waals surface area contributed by atoms with Crippen LogP contribution in [-0.4, -0.2) is 12.6 Å². The van der Waals surface area contributed by atoms with Gasteiger partial charge in [-0.2, -0.15) is 5.26 Å². The SMILES string of the molecule is N#Cc1ccc(OCc2ccc(/C=C/C(=O)c3ccc4c(c3)OCO4)o2)cc1. The maximum absolute atomic E-state index is 12.3. The van der Waals surface area contributed by atoms with Crippen molar-refractivity contribution in [3.63, 3.8) is 0 Å². The van der Waals surface area contributed by atoms with Crippen LogP contribution in [0.3, 0.4) is 0 Å². The van der Waals surface area contributed by atoms with Gasteiger partial charge in [-0.15, -0.1) is 0 Å². The summed E-state index contributed by atoms with van der Waals surface area (Å²) in [6, 6.07) is 17.5. The zero-order valence-corrected chi connectivity index (χ0v) is 14.8. The lowest BCUT2D eigenvalue weighted by Crippen LogP contribution is -1.94. The summed E-state index contributed by atoms with van der Waals surface area (Å²) in [5, 5.41) is 8.79. The Morgan fingerprint density at radius 2 is 1.89 bits per heavy atom. The summed E-state index contributed by atoms with van der Waals surface area (Å²) in [7, 11) is 0. The number of carbonyl (C=O) groups is 1. The number of nitriles is 1. The van der Waals surface area contributed by atoms with Crippen LogP contribution in [0, 0.1) is 11.3 Å². The first-order valence-electron chi connectivity index (χ1n) is 8.55. The van der Waals surface area contributed by atoms with Gasteiger partial charge in [0.1, 0.15) is 23.9 Å². The van der Waals surface area contributed by atoms with Gasteiger partial charge in [-0.05, 0) is 66.7 Å². The van der Waals surface area contributed by atoms with E-state index in [0.717, 1.165) is 0 Å². The van der Waals surface area contributed by atoms with E-state index in [-0.39, 0.29) is 19.2 Å². The summed E-state index contributed by atoms with van der Waals surface area (Å²) in [5.41, 5.74) is 1.08. The molecule has 3 aromatic rings. The molecule has 0 unspecified atom stereocenters. The topological polar surface area (TPSA) is 81.7 Å². The standard InChI is InChI=1S/C22H15NO5/c23-12-15-1-4-17(5-2-15)25-13-19-7-6-18(28-19)8-9-20(24)16-3-10-21-22(11-16)27-14-26-21/h1-11H,13-14H2/b9-8+. The molecule has 28 heavy (non-hydrogen) atoms. The van der Waals surface area contributed by atoms with Crippen LogP contribution in [0.25, 0.3) is 6.08 Å². The third kappa shape index (κ3) is 3.89. The molecule has 0 saturated heterocycles. The minimum Gasteiger partial charge on any atom is -0.486 e. The van der Waals surface area contributed by atoms with Gasteiger partial charge >= 0.3 is 0 Å². The van der Waals surface area contributed by atoms with Crippen LogP contribution in [0.4, 0.5) is 0 Å². The maximum Gasteiger partial charge on any atom is 0.231 e. The van der Waals surface area contributed by atoms with Crippen molar-refractivity contribution in [2.24, 2.45) is 0 Å². The van der Waals surface area contributed by atoms with Gasteiger partial charge in [0.25, 0.3) is 0 Å². The highest BCUT2D eigenvalue weighted by Crippen LogP contribution is 2.32. The molecule has 1 aliphatic rings. The fraction of sp³-hybridized carbons (Fsp3) is 0.0909. The summed E-state index contributed by atoms with van der Waals surface area (Å²) in [6.45, 7) is 0.415. The number of allylic oxidation sites excluding steroid dienone is 1. The number of benzene rings is 2. The van der Waals surface area contributed by atoms with Gasteiger partial charge in [-0.25, -0.2) is 0 Å². The molecule has 0 amide bonds. The lowest BCUT2D eigenvalue weighted by molar-refractivity contribution is 0.104. The molecule has 138 valence electrons. The Hall–Kier alpha value is -3.98. The summed E-state index contributed by atoms with van der Waals surface area (Å²) < 4.78 is 21.8. The highest BCUT2D eigenvalue weighted by Gasteiger charge is 2.15. The number of hydrogen-bond donors (Lipinski definition) is 0. The Morgan fingerprint density at radius 3 is 2.71 bits per heavy atom. The molecule has 0 spiro atoms. The van der Waals surface area contributed by atoms with Gasteiger partial charge in [-0.3, -0.25) is 4.79 Å². The summed E-state index contributed by atoms with van der Waals surface area (Å²) in [4.78, 5) is 12.3. The molecule has 2 aromatic carbocycles. The van der Waals surface area contributed by atoms with E-state index >= 15 is 0 Å². The monoisotopic (exact) mass is 373 g/mol. The van der Waals surface area contributed by atoms with Crippen LogP contribution < -0.4 is 14.2 Å². The van der Waals surface area contributed by atoms with Crippen molar-refractivity contribution in [1.29, 1.82) is 5.26 Å². The summed E-state index contributed by atoms with van der Waals surface area (Å²) in [6.07, 6.45) is 3.06. The second kappa shape index (κ2) is 7.72. The number of carbonyl (C=O) groups excluding carboxylic acids is 1. The van der Waals surface area contributed by atoms with Crippen molar-refractivity contribution >= 4 is 11.9 Å². The predicted molar refractivity (Wildman–Crippen MR) is 100 cm³/mol. The fourth-order valence-electron chi connectivity index (χ4n) is 2.65. The Kier molecular flexibility index (Phi) is 4.81. The zero-order valence-electron chi connectivity index (χ0n) is 14.8. The normalized spacial score (nSPS) is 12.1. The molecule has 0 aliphatic carbocycles. The number of fused-ring (bicyclic) bond motifs is 1. The van der Waals surface area contributed by atoms with E-state index in [0.29, 0.717) is 39.9 Å². The van der Waals surface area contributed by atoms with Gasteiger partial charge in [0.2, 0.25) is 6.79 Å². The van der Waals surface area contributed by atoms with E-state index in [1.165, 1.54) is 6.08 Å². The van der Waals surface area contributed by atoms with Gasteiger partial charge < -0.3 is 18.6 Å². The molecule has 0 fully saturated rings. The van der Waals surface area contributed by atoms with Crippen LogP contribution in [-0.2, 0) is 6.61 Å². The second-order valence-electron chi connectivity index (χ2n) is 5.99. The van der Waals surface area contributed by atoms with Crippen LogP contribution in [0.15, 0.2) is 65.1 Å². The molecule has 6 heteroatoms. The average molecular weight is 373 g/mol. The molecule has 0 bridgehead atoms. The third-order valence-electron chi connectivity index (χ3n) is 4.10. The largest absolute Gasteiger partial charge is 0.486 e. The molecule has 4 rings (SSSR count). The molecule has 1 aliphatic heterocycles. The van der Waals surface area contributed by atoms with Crippen molar-refractivity contribution in [3.8, 4) is 23.3 Å². The van der Waals surface area contributed by atoms with Crippen LogP contribution >= 0.6 is 0 Å². The Bertz CT molecular complexity index is 1070. The number of furan rings is 1. The molecule has 2 heterocycles. The fourth-order valence-corrected chi connectivity index (χ4v) is 2.65. The minimum absolute atomic E-state index is 0.162. The number of ether oxygens (including phenoxy) is 3. The molecule has 6 nitrogen and oxygen atoms in total. The molecule has 0 N–H and O–H groups in total. The number of rotatable bonds is 6. The summed E-state index contributed by atoms with van der Waals surface area (Å²) >= 11 is 0. The maximum atomic E-state index is 12.3. The van der Waals surface area contributed by atoms with E-state index < -0.39 is 0 Å². The minimum atomic E-state index is -0.162. The van der Waals surface area contributed by atoms with E-state index in [1.807, 2.05) is 0 Å². The highest BCUT2D eigenvalue weighted by molar-refractivity contribution is 6.07. The van der Waals surface area contributed by atoms with Gasteiger partial charge in [0.05, 0.1) is 11.6 Å². The first-order valence-corrected chi connectivity index (χ1v) is 8.55. The molecule has 0 atom stereocenters. The molecule has 0 saturated carbocycles. The van der Waals surface area contributed by atoms with Crippen molar-refractivity contribution in [1.82, 2.24) is 0 Å². The highest BCUT2D eigenvalue weighted by atomic mass is 16.7. The van der Waals surface area contributed by atoms with E-state index in [9.17, 15) is 4.79 Å². The second-order valence-corrected chi connectivity index (χ2v) is 5.99. The average Bonchev–Trinajstić information content (AvgIpc) is 3.39. The van der Waals surface area contributed by atoms with Crippen LogP contribution in [0.2, 0.25) is 0 Å². The lowest BCUT2D eigenvalue weighted by atomic mass is 10.1. The molecular weight excluding hydrogens is 358 g/mol. The summed E-state index contributed by atoms with van der Waals surface area (Å²) in [5.74, 6) is 2.86. The van der Waals surface area contributed by atoms with Crippen molar-refractivity contribution in [3.05, 3.63) is 83.3 Å². The number of hydrogen-bond acceptors (Lipinski definition) is 6. The zero-order chi connectivity index (χ0) is 19.3. The van der Waals surface area contributed by atoms with E-state index in [2.05, 4.69) is 6.07 Å². The van der Waals surface area contributed by atoms with Crippen molar-refractivity contribution in [2.75, 3.05) is 6.79 Å². The van der Waals surface area contributed by atoms with Crippen LogP contribution in [0.5, 0.6) is 17.2 Å². The Balaban J connectivity index is 1.36. The van der Waals surface area contributed by atoms with Crippen molar-refractivity contribution < 1.29 is 23.4 Å². The smallest absolute Gasteiger partial charge is 0.231 e. The Morgan fingerprint density at radius 1 is 1.07 bits per heavy atom. The third-order valence-corrected chi connectivity index (χ3v) is 4.10. The number of nitrogens with zero attached hydrogens (tertiary/aromatic N) is 1. The molecular formula is C22H15NO5. The van der Waals surface area contributed by atoms with E-state index in [4.69, 9.17) is 23.9 Å². The van der Waals surface area contributed by atoms with Gasteiger partial charge in [0, 0.05) is 5.56 Å². The van der Waals surface area contributed by atoms with Crippen molar-refractivity contribution in [2.45, 2.75) is 6.61 Å². The predicted octanol–water partition coefficient (Wildman–Crippen LogP) is 4.36. The van der Waals surface area contributed by atoms with Gasteiger partial charge in [0.15, 0.2) is 17.3 Å². The van der Waals surface area contributed by atoms with E-state index in [1.54, 1.807) is 60.7 Å². The lowest BCUT2D eigenvalue weighted by Gasteiger charge is -2.03. The first-order chi connectivity index (χ1) is 13.7. The molecule has 1 aromatic heterocycles. The Labute approximate surface area is 161 Å². The number of ketones is 1. The van der Waals surface area contributed by atoms with Crippen LogP contribution in [0.1, 0.15) is 27.4 Å². The molecule has 0 radical (unpaired) electrons. The first kappa shape index (κ1) is 17.4. The van der Waals surface area contributed by atoms with Gasteiger partial charge in [-0.1, -0.05) is 0 Å².